The van der Waals surface area contributed by atoms with Crippen LogP contribution in [0.25, 0.3) is 0 Å². The quantitative estimate of drug-likeness (QED) is 0.0163. The summed E-state index contributed by atoms with van der Waals surface area (Å²) in [6, 6.07) is 0. The molecule has 0 spiro atoms. The summed E-state index contributed by atoms with van der Waals surface area (Å²) in [6.45, 7) is 4.60. The number of carboxylic acid groups (broad SMARTS) is 2. The van der Waals surface area contributed by atoms with Crippen LogP contribution in [0.15, 0.2) is 27.6 Å². The molecule has 3 aliphatic rings. The lowest BCUT2D eigenvalue weighted by Crippen LogP contribution is -2.63. The summed E-state index contributed by atoms with van der Waals surface area (Å²) in [5, 5.41) is 99.7. The first-order valence-corrected chi connectivity index (χ1v) is 22.9. The van der Waals surface area contributed by atoms with Crippen LogP contribution in [0.4, 0.5) is 5.13 Å². The van der Waals surface area contributed by atoms with Gasteiger partial charge in [0.25, 0.3) is 0 Å². The molecule has 2 aromatic heterocycles. The summed E-state index contributed by atoms with van der Waals surface area (Å²) in [5.41, 5.74) is 4.63. The first-order valence-electron chi connectivity index (χ1n) is 21.1. The molecule has 0 aromatic carbocycles. The van der Waals surface area contributed by atoms with Crippen molar-refractivity contribution < 1.29 is 84.2 Å². The van der Waals surface area contributed by atoms with Gasteiger partial charge in [-0.1, -0.05) is 12.1 Å². The van der Waals surface area contributed by atoms with E-state index in [0.717, 1.165) is 22.6 Å². The van der Waals surface area contributed by atoms with Crippen molar-refractivity contribution >= 4 is 69.9 Å². The van der Waals surface area contributed by atoms with Crippen LogP contribution in [0.5, 0.6) is 0 Å². The fourth-order valence-corrected chi connectivity index (χ4v) is 9.59. The Kier molecular flexibility index (Phi) is 19.2. The maximum Gasteiger partial charge on any atom is 0.350 e. The fraction of sp³-hybridized carbons (Fsp3) is 0.650. The monoisotopic (exact) mass is 1000 g/mol. The molecule has 0 radical (unpaired) electrons. The average Bonchev–Trinajstić information content (AvgIpc) is 3.83. The zero-order chi connectivity index (χ0) is 49.7. The smallest absolute Gasteiger partial charge is 0.350 e. The number of aliphatic carboxylic acids is 2. The number of hydrogen-bond acceptors (Lipinski definition) is 23. The van der Waals surface area contributed by atoms with Crippen molar-refractivity contribution in [3.63, 3.8) is 0 Å². The van der Waals surface area contributed by atoms with Gasteiger partial charge >= 0.3 is 5.97 Å². The molecule has 5 rings (SSSR count). The number of fused-ring (bicyclic) bond motifs is 1. The first-order chi connectivity index (χ1) is 31.5. The third-order valence-electron chi connectivity index (χ3n) is 12.1. The Hall–Kier alpha value is -5.01. The van der Waals surface area contributed by atoms with Gasteiger partial charge in [0, 0.05) is 48.6 Å². The molecule has 11 atom stereocenters. The molecule has 14 N–H and O–H groups in total. The van der Waals surface area contributed by atoms with Crippen LogP contribution in [0.2, 0.25) is 0 Å². The Bertz CT molecular complexity index is 2250. The molecule has 1 aliphatic carbocycles. The minimum Gasteiger partial charge on any atom is -0.543 e. The van der Waals surface area contributed by atoms with Crippen molar-refractivity contribution in [1.29, 1.82) is 0 Å². The third kappa shape index (κ3) is 12.4. The van der Waals surface area contributed by atoms with Crippen LogP contribution < -0.4 is 27.0 Å². The highest BCUT2D eigenvalue weighted by Crippen LogP contribution is 2.45. The zero-order valence-corrected chi connectivity index (χ0v) is 39.6. The number of nitrogens with two attached hydrogens (primary N) is 1. The van der Waals surface area contributed by atoms with Gasteiger partial charge in [-0.2, -0.15) is 14.0 Å². The molecule has 2 aromatic rings. The van der Waals surface area contributed by atoms with E-state index in [2.05, 4.69) is 24.8 Å². The second kappa shape index (κ2) is 23.5. The average molecular weight is 1000 g/mol. The van der Waals surface area contributed by atoms with Crippen LogP contribution in [0, 0.1) is 24.7 Å². The van der Waals surface area contributed by atoms with E-state index >= 15 is 0 Å². The van der Waals surface area contributed by atoms with E-state index in [1.54, 1.807) is 36.5 Å². The van der Waals surface area contributed by atoms with Crippen molar-refractivity contribution in [1.82, 2.24) is 30.4 Å². The number of nitrogens with one attached hydrogen (secondary N) is 1. The molecule has 10 unspecified atom stereocenters. The number of ketones is 1. The topological polar surface area (TPSA) is 424 Å². The summed E-state index contributed by atoms with van der Waals surface area (Å²) >= 11 is 1.98. The Morgan fingerprint density at radius 1 is 1.18 bits per heavy atom. The summed E-state index contributed by atoms with van der Waals surface area (Å²) in [7, 11) is 1.70. The fourth-order valence-electron chi connectivity index (χ4n) is 7.76. The Balaban J connectivity index is 0.0000101. The summed E-state index contributed by atoms with van der Waals surface area (Å²) in [5.74, 6) is -6.82. The number of aliphatic hydroxyl groups excluding tert-OH is 7. The van der Waals surface area contributed by atoms with Gasteiger partial charge in [-0.25, -0.2) is 4.79 Å². The van der Waals surface area contributed by atoms with Crippen LogP contribution in [-0.2, 0) is 53.6 Å². The van der Waals surface area contributed by atoms with Gasteiger partial charge < -0.3 is 77.5 Å². The SMILES string of the molecule is Cc1c(CC(=O)NCCN=CC(O)C(O)C(OC2CC(CO)C(C)C(O)C2O)C(O)CO)c[n+](CC2=C(C(=O)[O-])N3C(=O)[C@@H](CC(=O)/C(=N\OC(C)(C)C(=O)O)c4nsc(N)n4)C3SC2)n1C.N. The molecular formula is C40H60N10O16S2. The molecule has 378 valence electrons. The highest BCUT2D eigenvalue weighted by atomic mass is 32.2. The lowest BCUT2D eigenvalue weighted by Gasteiger charge is -2.50. The zero-order valence-electron chi connectivity index (χ0n) is 37.9. The van der Waals surface area contributed by atoms with Gasteiger partial charge in [0.1, 0.15) is 30.5 Å². The predicted molar refractivity (Wildman–Crippen MR) is 237 cm³/mol. The van der Waals surface area contributed by atoms with Gasteiger partial charge in [0.05, 0.1) is 73.0 Å². The number of aromatic nitrogens is 4. The van der Waals surface area contributed by atoms with E-state index in [9.17, 15) is 69.9 Å². The maximum atomic E-state index is 13.5. The molecule has 4 heterocycles. The largest absolute Gasteiger partial charge is 0.543 e. The van der Waals surface area contributed by atoms with E-state index in [-0.39, 0.29) is 67.6 Å². The van der Waals surface area contributed by atoms with Crippen molar-refractivity contribution in [3.8, 4) is 0 Å². The van der Waals surface area contributed by atoms with Crippen LogP contribution in [0.3, 0.4) is 0 Å². The summed E-state index contributed by atoms with van der Waals surface area (Å²) < 4.78 is 13.0. The Morgan fingerprint density at radius 2 is 1.87 bits per heavy atom. The molecule has 2 aliphatic heterocycles. The molecular weight excluding hydrogens is 941 g/mol. The lowest BCUT2D eigenvalue weighted by atomic mass is 9.75. The van der Waals surface area contributed by atoms with Crippen molar-refractivity contribution in [2.75, 3.05) is 37.8 Å². The number of aliphatic imine (C=N–C) groups is 1. The second-order valence-corrected chi connectivity index (χ2v) is 18.9. The second-order valence-electron chi connectivity index (χ2n) is 17.0. The lowest BCUT2D eigenvalue weighted by molar-refractivity contribution is -0.767. The number of hydrogen-bond donors (Lipinski definition) is 11. The van der Waals surface area contributed by atoms with Gasteiger partial charge in [0.2, 0.25) is 23.2 Å². The molecule has 1 saturated carbocycles. The molecule has 2 fully saturated rings. The Morgan fingerprint density at radius 3 is 2.47 bits per heavy atom. The third-order valence-corrected chi connectivity index (χ3v) is 14.0. The number of amides is 2. The number of rotatable bonds is 23. The molecule has 2 amide bonds. The van der Waals surface area contributed by atoms with Crippen molar-refractivity contribution in [2.45, 2.75) is 107 Å². The van der Waals surface area contributed by atoms with Crippen LogP contribution >= 0.6 is 23.3 Å². The number of carboxylic acids is 2. The number of aliphatic hydroxyl groups is 7. The van der Waals surface area contributed by atoms with Gasteiger partial charge in [-0.05, 0) is 39.0 Å². The van der Waals surface area contributed by atoms with E-state index in [1.807, 2.05) is 0 Å². The molecule has 1 saturated heterocycles. The van der Waals surface area contributed by atoms with Crippen LogP contribution in [0.1, 0.15) is 50.7 Å². The number of carbonyl (C=O) groups is 5. The number of Topliss-reactive ketones (excluding diaryl/α,β-unsaturated/α-hetero) is 1. The standard InChI is InChI=1S/C40H57N9O16S2.H3N/c1-17-20(14-50)8-26(32(58)30(17)56)64-33(25(54)15-51)31(57)24(53)11-42-6-7-43-27(55)9-19-12-48(47(5)18(19)2)13-21-16-66-36-22(35(59)49(36)29(21)37(60)61)10-23(52)28(34-44-39(41)67-46-34)45-65-40(3,4)38(62)63;/h11-12,17,20,22,24-26,30-33,36,50-51,53-54,56-58H,6-10,13-16H2,1-5H3,(H4-,41,43,44,46,55,60,61,62,63);1H3/b42-11?,45-28+;/t17?,20?,22-,24?,25?,26?,30?,31?,32?,33?,36?;/m1./s1. The number of anilines is 1. The number of β-lactam (4-membered cyclic amide) rings is 1. The number of ether oxygens (including phenoxy) is 1. The highest BCUT2D eigenvalue weighted by molar-refractivity contribution is 8.00. The van der Waals surface area contributed by atoms with Crippen molar-refractivity contribution in [3.05, 3.63) is 34.5 Å². The molecule has 26 nitrogen and oxygen atoms in total. The Labute approximate surface area is 397 Å². The number of oxime groups is 1. The van der Waals surface area contributed by atoms with E-state index in [0.29, 0.717) is 16.8 Å². The summed E-state index contributed by atoms with van der Waals surface area (Å²) in [6.07, 6.45) is -8.58. The van der Waals surface area contributed by atoms with E-state index in [4.69, 9.17) is 15.3 Å². The number of nitrogen functional groups attached to an aromatic ring is 1. The molecule has 68 heavy (non-hydrogen) atoms. The van der Waals surface area contributed by atoms with E-state index in [1.165, 1.54) is 25.6 Å². The number of nitrogens with zero attached hydrogens (tertiary/aromatic N) is 7. The normalized spacial score (nSPS) is 24.9. The van der Waals surface area contributed by atoms with Crippen molar-refractivity contribution in [2.24, 2.45) is 34.9 Å². The predicted octanol–water partition coefficient (Wildman–Crippen LogP) is -5.08. The highest BCUT2D eigenvalue weighted by Gasteiger charge is 2.53. The minimum absolute atomic E-state index is 0. The van der Waals surface area contributed by atoms with Gasteiger partial charge in [-0.15, -0.1) is 16.4 Å². The van der Waals surface area contributed by atoms with Gasteiger partial charge in [0.15, 0.2) is 29.4 Å². The first kappa shape index (κ1) is 55.6. The van der Waals surface area contributed by atoms with Crippen LogP contribution in [-0.4, -0.2) is 187 Å². The summed E-state index contributed by atoms with van der Waals surface area (Å²) in [4.78, 5) is 78.3. The maximum absolute atomic E-state index is 13.5. The van der Waals surface area contributed by atoms with Gasteiger partial charge in [-0.3, -0.25) is 24.3 Å². The number of carbonyl (C=O) groups excluding carboxylic acids is 4. The molecule has 0 bridgehead atoms. The molecule has 28 heteroatoms. The number of thioether (sulfide) groups is 1. The minimum atomic E-state index is -1.84. The van der Waals surface area contributed by atoms with E-state index < -0.39 is 120 Å².